The molecule has 0 saturated carbocycles. The molecule has 1 aliphatic heterocycles. The number of benzene rings is 2. The standard InChI is InChI=1S/C19H22Cl2N2/c20-17-5-1-15(2-6-17)19(16-3-7-18(21)8-4-16)23-11-9-14(13-22)10-12-23/h1-8,14,19H,9-13,22H2. The van der Waals surface area contributed by atoms with Crippen molar-refractivity contribution in [1.82, 2.24) is 4.90 Å². The predicted octanol–water partition coefficient (Wildman–Crippen LogP) is 4.75. The minimum atomic E-state index is 0.239. The van der Waals surface area contributed by atoms with Gasteiger partial charge in [-0.25, -0.2) is 0 Å². The Hall–Kier alpha value is -1.06. The SMILES string of the molecule is NCC1CCN(C(c2ccc(Cl)cc2)c2ccc(Cl)cc2)CC1. The lowest BCUT2D eigenvalue weighted by atomic mass is 9.91. The highest BCUT2D eigenvalue weighted by Crippen LogP contribution is 2.33. The fourth-order valence-corrected chi connectivity index (χ4v) is 3.60. The number of halogens is 2. The van der Waals surface area contributed by atoms with Crippen LogP contribution in [-0.2, 0) is 0 Å². The normalized spacial score (nSPS) is 16.9. The molecule has 0 aromatic heterocycles. The molecule has 3 rings (SSSR count). The summed E-state index contributed by atoms with van der Waals surface area (Å²) in [5, 5.41) is 1.54. The molecule has 2 nitrogen and oxygen atoms in total. The Morgan fingerprint density at radius 2 is 1.30 bits per heavy atom. The molecule has 2 N–H and O–H groups in total. The minimum absolute atomic E-state index is 0.239. The van der Waals surface area contributed by atoms with Crippen LogP contribution >= 0.6 is 23.2 Å². The first-order chi connectivity index (χ1) is 11.2. The lowest BCUT2D eigenvalue weighted by Gasteiger charge is -2.38. The van der Waals surface area contributed by atoms with Crippen molar-refractivity contribution in [3.05, 3.63) is 69.7 Å². The van der Waals surface area contributed by atoms with Crippen LogP contribution in [-0.4, -0.2) is 24.5 Å². The summed E-state index contributed by atoms with van der Waals surface area (Å²) in [6, 6.07) is 16.6. The summed E-state index contributed by atoms with van der Waals surface area (Å²) >= 11 is 12.1. The highest BCUT2D eigenvalue weighted by molar-refractivity contribution is 6.30. The number of nitrogens with zero attached hydrogens (tertiary/aromatic N) is 1. The molecule has 23 heavy (non-hydrogen) atoms. The van der Waals surface area contributed by atoms with E-state index in [0.29, 0.717) is 5.92 Å². The highest BCUT2D eigenvalue weighted by atomic mass is 35.5. The molecule has 122 valence electrons. The molecular weight excluding hydrogens is 327 g/mol. The Kier molecular flexibility index (Phi) is 5.60. The largest absolute Gasteiger partial charge is 0.330 e. The van der Waals surface area contributed by atoms with Gasteiger partial charge in [-0.1, -0.05) is 47.5 Å². The Bertz CT molecular complexity index is 571. The van der Waals surface area contributed by atoms with Crippen molar-refractivity contribution in [3.63, 3.8) is 0 Å². The maximum Gasteiger partial charge on any atom is 0.0601 e. The van der Waals surface area contributed by atoms with E-state index in [1.165, 1.54) is 11.1 Å². The number of nitrogens with two attached hydrogens (primary N) is 1. The van der Waals surface area contributed by atoms with Crippen molar-refractivity contribution in [3.8, 4) is 0 Å². The van der Waals surface area contributed by atoms with Crippen LogP contribution in [0, 0.1) is 5.92 Å². The van der Waals surface area contributed by atoms with Gasteiger partial charge in [0.1, 0.15) is 0 Å². The molecule has 2 aromatic carbocycles. The fourth-order valence-electron chi connectivity index (χ4n) is 3.35. The molecule has 0 spiro atoms. The second-order valence-corrected chi connectivity index (χ2v) is 7.09. The lowest BCUT2D eigenvalue weighted by molar-refractivity contribution is 0.154. The third-order valence-electron chi connectivity index (χ3n) is 4.72. The smallest absolute Gasteiger partial charge is 0.0601 e. The molecule has 0 unspecified atom stereocenters. The molecule has 0 amide bonds. The number of hydrogen-bond donors (Lipinski definition) is 1. The van der Waals surface area contributed by atoms with Crippen molar-refractivity contribution in [2.75, 3.05) is 19.6 Å². The van der Waals surface area contributed by atoms with Crippen LogP contribution in [0.5, 0.6) is 0 Å². The van der Waals surface area contributed by atoms with Gasteiger partial charge >= 0.3 is 0 Å². The number of rotatable bonds is 4. The number of likely N-dealkylation sites (tertiary alicyclic amines) is 1. The Labute approximate surface area is 148 Å². The number of piperidine rings is 1. The summed E-state index contributed by atoms with van der Waals surface area (Å²) in [7, 11) is 0. The fraction of sp³-hybridized carbons (Fsp3) is 0.368. The van der Waals surface area contributed by atoms with Gasteiger partial charge in [-0.15, -0.1) is 0 Å². The quantitative estimate of drug-likeness (QED) is 0.863. The molecule has 1 heterocycles. The van der Waals surface area contributed by atoms with E-state index in [4.69, 9.17) is 28.9 Å². The molecule has 1 saturated heterocycles. The Balaban J connectivity index is 1.90. The lowest BCUT2D eigenvalue weighted by Crippen LogP contribution is -2.39. The van der Waals surface area contributed by atoms with Gasteiger partial charge in [0, 0.05) is 10.0 Å². The predicted molar refractivity (Wildman–Crippen MR) is 98.1 cm³/mol. The Morgan fingerprint density at radius 1 is 0.870 bits per heavy atom. The first-order valence-corrected chi connectivity index (χ1v) is 8.88. The first-order valence-electron chi connectivity index (χ1n) is 8.12. The van der Waals surface area contributed by atoms with E-state index in [1.807, 2.05) is 24.3 Å². The van der Waals surface area contributed by atoms with Crippen LogP contribution in [0.3, 0.4) is 0 Å². The number of hydrogen-bond acceptors (Lipinski definition) is 2. The van der Waals surface area contributed by atoms with Gasteiger partial charge in [0.05, 0.1) is 6.04 Å². The molecular formula is C19H22Cl2N2. The van der Waals surface area contributed by atoms with Crippen LogP contribution in [0.15, 0.2) is 48.5 Å². The summed E-state index contributed by atoms with van der Waals surface area (Å²) in [6.07, 6.45) is 2.32. The zero-order valence-corrected chi connectivity index (χ0v) is 14.6. The minimum Gasteiger partial charge on any atom is -0.330 e. The summed E-state index contributed by atoms with van der Waals surface area (Å²) in [5.41, 5.74) is 8.37. The second kappa shape index (κ2) is 7.67. The van der Waals surface area contributed by atoms with Gasteiger partial charge in [-0.05, 0) is 73.8 Å². The van der Waals surface area contributed by atoms with Crippen molar-refractivity contribution in [2.45, 2.75) is 18.9 Å². The van der Waals surface area contributed by atoms with E-state index in [9.17, 15) is 0 Å². The molecule has 2 aromatic rings. The van der Waals surface area contributed by atoms with E-state index in [-0.39, 0.29) is 6.04 Å². The average Bonchev–Trinajstić information content (AvgIpc) is 2.59. The maximum atomic E-state index is 6.06. The molecule has 0 aliphatic carbocycles. The van der Waals surface area contributed by atoms with E-state index < -0.39 is 0 Å². The van der Waals surface area contributed by atoms with E-state index in [1.54, 1.807) is 0 Å². The first kappa shape index (κ1) is 16.8. The van der Waals surface area contributed by atoms with E-state index in [2.05, 4.69) is 29.2 Å². The van der Waals surface area contributed by atoms with Crippen LogP contribution in [0.2, 0.25) is 10.0 Å². The molecule has 1 aliphatic rings. The maximum absolute atomic E-state index is 6.06. The van der Waals surface area contributed by atoms with Crippen LogP contribution in [0.4, 0.5) is 0 Å². The van der Waals surface area contributed by atoms with Crippen molar-refractivity contribution < 1.29 is 0 Å². The highest BCUT2D eigenvalue weighted by Gasteiger charge is 2.26. The van der Waals surface area contributed by atoms with Gasteiger partial charge in [-0.2, -0.15) is 0 Å². The zero-order valence-electron chi connectivity index (χ0n) is 13.1. The summed E-state index contributed by atoms with van der Waals surface area (Å²) in [4.78, 5) is 2.54. The summed E-state index contributed by atoms with van der Waals surface area (Å²) in [5.74, 6) is 0.655. The third kappa shape index (κ3) is 4.07. The summed E-state index contributed by atoms with van der Waals surface area (Å²) < 4.78 is 0. The molecule has 0 bridgehead atoms. The average molecular weight is 349 g/mol. The van der Waals surface area contributed by atoms with Gasteiger partial charge in [-0.3, -0.25) is 4.90 Å². The molecule has 0 atom stereocenters. The van der Waals surface area contributed by atoms with Crippen LogP contribution < -0.4 is 5.73 Å². The zero-order chi connectivity index (χ0) is 16.2. The second-order valence-electron chi connectivity index (χ2n) is 6.22. The monoisotopic (exact) mass is 348 g/mol. The van der Waals surface area contributed by atoms with Gasteiger partial charge in [0.15, 0.2) is 0 Å². The summed E-state index contributed by atoms with van der Waals surface area (Å²) in [6.45, 7) is 2.93. The van der Waals surface area contributed by atoms with Crippen molar-refractivity contribution in [2.24, 2.45) is 11.7 Å². The third-order valence-corrected chi connectivity index (χ3v) is 5.22. The Morgan fingerprint density at radius 3 is 1.70 bits per heavy atom. The molecule has 1 fully saturated rings. The molecule has 4 heteroatoms. The van der Waals surface area contributed by atoms with Crippen molar-refractivity contribution >= 4 is 23.2 Å². The van der Waals surface area contributed by atoms with Gasteiger partial charge in [0.2, 0.25) is 0 Å². The molecule has 0 radical (unpaired) electrons. The topological polar surface area (TPSA) is 29.3 Å². The van der Waals surface area contributed by atoms with Gasteiger partial charge in [0.25, 0.3) is 0 Å². The van der Waals surface area contributed by atoms with E-state index >= 15 is 0 Å². The van der Waals surface area contributed by atoms with Crippen LogP contribution in [0.1, 0.15) is 30.0 Å². The van der Waals surface area contributed by atoms with E-state index in [0.717, 1.165) is 42.5 Å². The van der Waals surface area contributed by atoms with Crippen LogP contribution in [0.25, 0.3) is 0 Å². The van der Waals surface area contributed by atoms with Crippen molar-refractivity contribution in [1.29, 1.82) is 0 Å². The van der Waals surface area contributed by atoms with Gasteiger partial charge < -0.3 is 5.73 Å².